The van der Waals surface area contributed by atoms with Crippen molar-refractivity contribution in [1.82, 2.24) is 5.32 Å². The fraction of sp³-hybridized carbons (Fsp3) is 0.667. The Morgan fingerprint density at radius 2 is 2.43 bits per heavy atom. The zero-order valence-corrected chi connectivity index (χ0v) is 3.79. The van der Waals surface area contributed by atoms with E-state index in [9.17, 15) is 4.79 Å². The maximum Gasteiger partial charge on any atom is 0.333 e. The van der Waals surface area contributed by atoms with Crippen molar-refractivity contribution in [3.63, 3.8) is 0 Å². The molecule has 1 radical (unpaired) electrons. The third-order valence-electron chi connectivity index (χ3n) is 0.368. The van der Waals surface area contributed by atoms with E-state index < -0.39 is 6.03 Å². The zero-order valence-electron chi connectivity index (χ0n) is 3.79. The Morgan fingerprint density at radius 3 is 2.57 bits per heavy atom. The first-order valence-electron chi connectivity index (χ1n) is 1.85. The van der Waals surface area contributed by atoms with Crippen molar-refractivity contribution in [3.8, 4) is 0 Å². The molecule has 0 heterocycles. The van der Waals surface area contributed by atoms with Gasteiger partial charge in [-0.15, -0.1) is 0 Å². The normalized spacial score (nSPS) is 8.14. The second kappa shape index (κ2) is 3.42. The molecule has 0 aromatic heterocycles. The second-order valence-corrected chi connectivity index (χ2v) is 0.944. The molecule has 0 aliphatic heterocycles. The van der Waals surface area contributed by atoms with Crippen LogP contribution in [0, 0.1) is 0 Å². The topological polar surface area (TPSA) is 77.4 Å². The number of aliphatic hydroxyl groups excluding tert-OH is 1. The molecule has 0 fully saturated rings. The average molecular weight is 103 g/mol. The smallest absolute Gasteiger partial charge is 0.333 e. The maximum atomic E-state index is 9.70. The number of primary amides is 1. The van der Waals surface area contributed by atoms with E-state index in [0.29, 0.717) is 0 Å². The van der Waals surface area contributed by atoms with Crippen molar-refractivity contribution in [2.24, 2.45) is 5.73 Å². The van der Waals surface area contributed by atoms with Gasteiger partial charge in [0.05, 0.1) is 13.2 Å². The Kier molecular flexibility index (Phi) is 3.04. The summed E-state index contributed by atoms with van der Waals surface area (Å²) < 4.78 is 0. The molecule has 4 heteroatoms. The van der Waals surface area contributed by atoms with E-state index >= 15 is 0 Å². The summed E-state index contributed by atoms with van der Waals surface area (Å²) >= 11 is 0. The molecule has 0 atom stereocenters. The van der Waals surface area contributed by atoms with Gasteiger partial charge in [-0.1, -0.05) is 0 Å². The van der Waals surface area contributed by atoms with Crippen molar-refractivity contribution in [2.45, 2.75) is 0 Å². The molecule has 0 unspecified atom stereocenters. The van der Waals surface area contributed by atoms with Gasteiger partial charge in [0.25, 0.3) is 0 Å². The lowest BCUT2D eigenvalue weighted by Crippen LogP contribution is -2.24. The Labute approximate surface area is 41.3 Å². The molecule has 0 rings (SSSR count). The highest BCUT2D eigenvalue weighted by Gasteiger charge is 1.88. The van der Waals surface area contributed by atoms with Crippen molar-refractivity contribution < 1.29 is 9.90 Å². The van der Waals surface area contributed by atoms with E-state index in [4.69, 9.17) is 5.11 Å². The number of carbonyl (C=O) groups is 1. The zero-order chi connectivity index (χ0) is 5.70. The van der Waals surface area contributed by atoms with Gasteiger partial charge in [0.1, 0.15) is 0 Å². The summed E-state index contributed by atoms with van der Waals surface area (Å²) in [4.78, 5) is 9.70. The van der Waals surface area contributed by atoms with Gasteiger partial charge < -0.3 is 10.8 Å². The van der Waals surface area contributed by atoms with Crippen LogP contribution in [0.2, 0.25) is 0 Å². The van der Waals surface area contributed by atoms with Gasteiger partial charge in [-0.25, -0.2) is 10.1 Å². The van der Waals surface area contributed by atoms with Gasteiger partial charge in [-0.3, -0.25) is 0 Å². The van der Waals surface area contributed by atoms with Crippen LogP contribution in [-0.2, 0) is 0 Å². The van der Waals surface area contributed by atoms with Crippen LogP contribution in [0.4, 0.5) is 4.79 Å². The Balaban J connectivity index is 2.82. The first kappa shape index (κ1) is 6.23. The molecule has 0 aromatic rings. The second-order valence-electron chi connectivity index (χ2n) is 0.944. The van der Waals surface area contributed by atoms with E-state index in [0.717, 1.165) is 0 Å². The minimum absolute atomic E-state index is 0.106. The number of urea groups is 1. The van der Waals surface area contributed by atoms with Crippen LogP contribution in [-0.4, -0.2) is 24.3 Å². The van der Waals surface area contributed by atoms with Crippen molar-refractivity contribution >= 4 is 6.03 Å². The summed E-state index contributed by atoms with van der Waals surface area (Å²) in [6.07, 6.45) is 0. The summed E-state index contributed by atoms with van der Waals surface area (Å²) in [6.45, 7) is -0.0156. The summed E-state index contributed by atoms with van der Waals surface area (Å²) in [5.41, 5.74) is 4.56. The van der Waals surface area contributed by atoms with Crippen LogP contribution >= 0.6 is 0 Å². The number of carbonyl (C=O) groups excluding carboxylic acids is 1. The van der Waals surface area contributed by atoms with Crippen LogP contribution < -0.4 is 11.1 Å². The molecule has 0 aromatic carbocycles. The maximum absolute atomic E-state index is 9.70. The number of nitrogens with zero attached hydrogens (tertiary/aromatic N) is 1. The van der Waals surface area contributed by atoms with Gasteiger partial charge in [0, 0.05) is 0 Å². The number of hydrogen-bond acceptors (Lipinski definition) is 2. The highest BCUT2D eigenvalue weighted by Crippen LogP contribution is 1.57. The molecular formula is C3H7N2O2. The summed E-state index contributed by atoms with van der Waals surface area (Å²) in [7, 11) is 0. The number of nitrogens with two attached hydrogens (primary N) is 1. The van der Waals surface area contributed by atoms with Crippen LogP contribution in [0.5, 0.6) is 0 Å². The first-order chi connectivity index (χ1) is 3.27. The van der Waals surface area contributed by atoms with Crippen LogP contribution in [0.15, 0.2) is 0 Å². The third-order valence-corrected chi connectivity index (χ3v) is 0.368. The number of amides is 2. The standard InChI is InChI=1S/C3H7N2O2/c4-3(7)5-1-2-6/h6H,1-2H2,(H2,4,7). The van der Waals surface area contributed by atoms with Crippen LogP contribution in [0.3, 0.4) is 0 Å². The van der Waals surface area contributed by atoms with Crippen LogP contribution in [0.25, 0.3) is 0 Å². The third kappa shape index (κ3) is 5.23. The SMILES string of the molecule is NC(=O)[N]CCO. The first-order valence-corrected chi connectivity index (χ1v) is 1.85. The molecule has 3 N–H and O–H groups in total. The highest BCUT2D eigenvalue weighted by molar-refractivity contribution is 5.71. The molecule has 0 aliphatic carbocycles. The average Bonchev–Trinajstić information content (AvgIpc) is 1.61. The monoisotopic (exact) mass is 103 g/mol. The lowest BCUT2D eigenvalue weighted by Gasteiger charge is -1.88. The quantitative estimate of drug-likeness (QED) is 0.453. The summed E-state index contributed by atoms with van der Waals surface area (Å²) in [5, 5.41) is 11.1. The largest absolute Gasteiger partial charge is 0.394 e. The van der Waals surface area contributed by atoms with Crippen LogP contribution in [0.1, 0.15) is 0 Å². The number of aliphatic hydroxyl groups is 1. The molecule has 0 saturated heterocycles. The van der Waals surface area contributed by atoms with Gasteiger partial charge >= 0.3 is 6.03 Å². The Morgan fingerprint density at radius 1 is 1.86 bits per heavy atom. The molecule has 0 saturated carbocycles. The minimum Gasteiger partial charge on any atom is -0.394 e. The van der Waals surface area contributed by atoms with E-state index in [2.05, 4.69) is 11.1 Å². The summed E-state index contributed by atoms with van der Waals surface area (Å²) in [6, 6.07) is -0.728. The van der Waals surface area contributed by atoms with Gasteiger partial charge in [-0.05, 0) is 0 Å². The highest BCUT2D eigenvalue weighted by atomic mass is 16.3. The molecular weight excluding hydrogens is 96.0 g/mol. The number of hydrogen-bond donors (Lipinski definition) is 2. The summed E-state index contributed by atoms with van der Waals surface area (Å²) in [5.74, 6) is 0. The van der Waals surface area contributed by atoms with Crippen molar-refractivity contribution in [3.05, 3.63) is 0 Å². The lowest BCUT2D eigenvalue weighted by atomic mass is 10.7. The predicted octanol–water partition coefficient (Wildman–Crippen LogP) is -1.34. The Hall–Kier alpha value is -0.770. The molecule has 4 nitrogen and oxygen atoms in total. The minimum atomic E-state index is -0.728. The number of rotatable bonds is 2. The predicted molar refractivity (Wildman–Crippen MR) is 23.7 cm³/mol. The lowest BCUT2D eigenvalue weighted by molar-refractivity contribution is 0.240. The van der Waals surface area contributed by atoms with Gasteiger partial charge in [0.15, 0.2) is 0 Å². The van der Waals surface area contributed by atoms with E-state index in [-0.39, 0.29) is 13.2 Å². The molecule has 2 amide bonds. The molecule has 0 bridgehead atoms. The Bertz CT molecular complexity index is 64.0. The van der Waals surface area contributed by atoms with Crippen molar-refractivity contribution in [1.29, 1.82) is 0 Å². The van der Waals surface area contributed by atoms with E-state index in [1.165, 1.54) is 0 Å². The van der Waals surface area contributed by atoms with E-state index in [1.807, 2.05) is 0 Å². The molecule has 41 valence electrons. The molecule has 0 spiro atoms. The fourth-order valence-corrected chi connectivity index (χ4v) is 0.160. The van der Waals surface area contributed by atoms with E-state index in [1.54, 1.807) is 0 Å². The van der Waals surface area contributed by atoms with Gasteiger partial charge in [-0.2, -0.15) is 0 Å². The van der Waals surface area contributed by atoms with Gasteiger partial charge in [0.2, 0.25) is 0 Å². The van der Waals surface area contributed by atoms with Crippen molar-refractivity contribution in [2.75, 3.05) is 13.2 Å². The molecule has 0 aliphatic rings. The fourth-order valence-electron chi connectivity index (χ4n) is 0.160. The molecule has 7 heavy (non-hydrogen) atoms.